The maximum absolute atomic E-state index is 11.8. The van der Waals surface area contributed by atoms with Crippen LogP contribution in [0.3, 0.4) is 0 Å². The second-order valence-electron chi connectivity index (χ2n) is 5.92. The number of amides is 1. The molecule has 0 spiro atoms. The van der Waals surface area contributed by atoms with Crippen molar-refractivity contribution >= 4 is 34.8 Å². The number of hydrogen-bond acceptors (Lipinski definition) is 3. The molecule has 126 valence electrons. The Morgan fingerprint density at radius 1 is 1.35 bits per heavy atom. The van der Waals surface area contributed by atoms with Crippen LogP contribution in [-0.4, -0.2) is 18.2 Å². The lowest BCUT2D eigenvalue weighted by Gasteiger charge is -2.18. The molecule has 0 aliphatic heterocycles. The van der Waals surface area contributed by atoms with Crippen molar-refractivity contribution in [2.45, 2.75) is 45.4 Å². The lowest BCUT2D eigenvalue weighted by Crippen LogP contribution is -2.22. The summed E-state index contributed by atoms with van der Waals surface area (Å²) in [5.74, 6) is 1.26. The zero-order valence-electron chi connectivity index (χ0n) is 13.3. The molecule has 1 aromatic rings. The van der Waals surface area contributed by atoms with E-state index in [1.54, 1.807) is 18.2 Å². The predicted molar refractivity (Wildman–Crippen MR) is 94.4 cm³/mol. The van der Waals surface area contributed by atoms with Crippen LogP contribution in [0.25, 0.3) is 0 Å². The molecule has 1 aliphatic carbocycles. The van der Waals surface area contributed by atoms with E-state index >= 15 is 0 Å². The highest BCUT2D eigenvalue weighted by atomic mass is 35.5. The maximum Gasteiger partial charge on any atom is 0.240 e. The molecule has 23 heavy (non-hydrogen) atoms. The van der Waals surface area contributed by atoms with Gasteiger partial charge in [-0.1, -0.05) is 30.1 Å². The van der Waals surface area contributed by atoms with Crippen LogP contribution in [0.15, 0.2) is 23.3 Å². The first kappa shape index (κ1) is 18.1. The third-order valence-corrected chi connectivity index (χ3v) is 4.42. The van der Waals surface area contributed by atoms with Crippen LogP contribution in [0.5, 0.6) is 5.75 Å². The van der Waals surface area contributed by atoms with Gasteiger partial charge < -0.3 is 4.74 Å². The summed E-state index contributed by atoms with van der Waals surface area (Å²) < 4.78 is 5.54. The van der Waals surface area contributed by atoms with E-state index in [2.05, 4.69) is 17.5 Å². The summed E-state index contributed by atoms with van der Waals surface area (Å²) in [6.07, 6.45) is 5.26. The lowest BCUT2D eigenvalue weighted by atomic mass is 9.90. The van der Waals surface area contributed by atoms with Gasteiger partial charge in [-0.25, -0.2) is 5.43 Å². The molecule has 0 bridgehead atoms. The summed E-state index contributed by atoms with van der Waals surface area (Å²) >= 11 is 11.8. The number of nitrogens with zero attached hydrogens (tertiary/aromatic N) is 1. The molecule has 0 unspecified atom stereocenters. The Balaban J connectivity index is 1.64. The third-order valence-electron chi connectivity index (χ3n) is 3.89. The maximum atomic E-state index is 11.8. The van der Waals surface area contributed by atoms with Gasteiger partial charge in [0.2, 0.25) is 5.91 Å². The molecule has 0 radical (unpaired) electrons. The number of hydrazone groups is 1. The van der Waals surface area contributed by atoms with Crippen LogP contribution in [0.2, 0.25) is 10.0 Å². The minimum atomic E-state index is -0.0816. The molecule has 1 saturated carbocycles. The predicted octanol–water partition coefficient (Wildman–Crippen LogP) is 4.83. The highest BCUT2D eigenvalue weighted by molar-refractivity contribution is 6.35. The van der Waals surface area contributed by atoms with Crippen LogP contribution in [0.4, 0.5) is 0 Å². The summed E-state index contributed by atoms with van der Waals surface area (Å²) in [6.45, 7) is 2.67. The number of rotatable bonds is 6. The zero-order valence-corrected chi connectivity index (χ0v) is 14.8. The van der Waals surface area contributed by atoms with E-state index in [1.165, 1.54) is 0 Å². The number of halogens is 2. The molecule has 0 aromatic heterocycles. The topological polar surface area (TPSA) is 50.7 Å². The van der Waals surface area contributed by atoms with Crippen LogP contribution < -0.4 is 10.2 Å². The summed E-state index contributed by atoms with van der Waals surface area (Å²) in [4.78, 5) is 11.8. The van der Waals surface area contributed by atoms with Gasteiger partial charge >= 0.3 is 0 Å². The van der Waals surface area contributed by atoms with Crippen molar-refractivity contribution < 1.29 is 9.53 Å². The van der Waals surface area contributed by atoms with Crippen LogP contribution in [0, 0.1) is 5.92 Å². The smallest absolute Gasteiger partial charge is 0.240 e. The standard InChI is InChI=1S/C17H22Cl2N2O2/c1-12-4-7-14(8-5-12)20-21-17(22)3-2-10-23-16-9-6-13(18)11-15(16)19/h6,9,11-12H,2-5,7-8,10H2,1H3,(H,21,22). The van der Waals surface area contributed by atoms with Gasteiger partial charge in [-0.3, -0.25) is 4.79 Å². The first-order chi connectivity index (χ1) is 11.0. The highest BCUT2D eigenvalue weighted by Gasteiger charge is 2.13. The molecule has 4 nitrogen and oxygen atoms in total. The monoisotopic (exact) mass is 356 g/mol. The van der Waals surface area contributed by atoms with Gasteiger partial charge in [0.15, 0.2) is 0 Å². The number of hydrogen-bond donors (Lipinski definition) is 1. The van der Waals surface area contributed by atoms with Gasteiger partial charge in [-0.15, -0.1) is 0 Å². The average Bonchev–Trinajstić information content (AvgIpc) is 2.52. The van der Waals surface area contributed by atoms with E-state index in [9.17, 15) is 4.79 Å². The van der Waals surface area contributed by atoms with E-state index in [4.69, 9.17) is 27.9 Å². The summed E-state index contributed by atoms with van der Waals surface area (Å²) in [5, 5.41) is 5.26. The fourth-order valence-corrected chi connectivity index (χ4v) is 2.87. The Labute approximate surface area is 147 Å². The Bertz CT molecular complexity index is 566. The third kappa shape index (κ3) is 6.40. The molecule has 0 heterocycles. The summed E-state index contributed by atoms with van der Waals surface area (Å²) in [7, 11) is 0. The Hall–Kier alpha value is -1.26. The first-order valence-electron chi connectivity index (χ1n) is 7.96. The molecular weight excluding hydrogens is 335 g/mol. The lowest BCUT2D eigenvalue weighted by molar-refractivity contribution is -0.121. The van der Waals surface area contributed by atoms with Crippen LogP contribution >= 0.6 is 23.2 Å². The van der Waals surface area contributed by atoms with Gasteiger partial charge in [-0.05, 0) is 56.2 Å². The van der Waals surface area contributed by atoms with E-state index in [0.717, 1.165) is 37.3 Å². The van der Waals surface area contributed by atoms with Gasteiger partial charge in [0.05, 0.1) is 11.6 Å². The van der Waals surface area contributed by atoms with Crippen molar-refractivity contribution in [3.63, 3.8) is 0 Å². The zero-order chi connectivity index (χ0) is 16.7. The van der Waals surface area contributed by atoms with Crippen LogP contribution in [-0.2, 0) is 4.79 Å². The molecular formula is C17H22Cl2N2O2. The number of carbonyl (C=O) groups excluding carboxylic acids is 1. The number of carbonyl (C=O) groups is 1. The SMILES string of the molecule is CC1CCC(=NNC(=O)CCCOc2ccc(Cl)cc2Cl)CC1. The minimum Gasteiger partial charge on any atom is -0.492 e. The Morgan fingerprint density at radius 3 is 2.78 bits per heavy atom. The fourth-order valence-electron chi connectivity index (χ4n) is 2.41. The summed E-state index contributed by atoms with van der Waals surface area (Å²) in [5.41, 5.74) is 3.73. The molecule has 1 aliphatic rings. The number of nitrogens with one attached hydrogen (secondary N) is 1. The molecule has 0 saturated heterocycles. The van der Waals surface area contributed by atoms with Crippen molar-refractivity contribution in [2.24, 2.45) is 11.0 Å². The van der Waals surface area contributed by atoms with Crippen molar-refractivity contribution in [1.29, 1.82) is 0 Å². The molecule has 0 atom stereocenters. The molecule has 1 aromatic carbocycles. The molecule has 2 rings (SSSR count). The average molecular weight is 357 g/mol. The van der Waals surface area contributed by atoms with Gasteiger partial charge in [0, 0.05) is 17.2 Å². The summed E-state index contributed by atoms with van der Waals surface area (Å²) in [6, 6.07) is 5.07. The van der Waals surface area contributed by atoms with Gasteiger partial charge in [-0.2, -0.15) is 5.10 Å². The van der Waals surface area contributed by atoms with E-state index in [0.29, 0.717) is 35.2 Å². The van der Waals surface area contributed by atoms with Crippen molar-refractivity contribution in [3.05, 3.63) is 28.2 Å². The fraction of sp³-hybridized carbons (Fsp3) is 0.529. The van der Waals surface area contributed by atoms with E-state index in [1.807, 2.05) is 0 Å². The Kier molecular flexibility index (Phi) is 7.18. The van der Waals surface area contributed by atoms with Crippen LogP contribution in [0.1, 0.15) is 45.4 Å². The van der Waals surface area contributed by atoms with E-state index < -0.39 is 0 Å². The normalized spacial score (nSPS) is 17.7. The second kappa shape index (κ2) is 9.14. The number of ether oxygens (including phenoxy) is 1. The number of benzene rings is 1. The highest BCUT2D eigenvalue weighted by Crippen LogP contribution is 2.27. The molecule has 1 N–H and O–H groups in total. The van der Waals surface area contributed by atoms with E-state index in [-0.39, 0.29) is 5.91 Å². The van der Waals surface area contributed by atoms with Crippen molar-refractivity contribution in [1.82, 2.24) is 5.43 Å². The van der Waals surface area contributed by atoms with Crippen molar-refractivity contribution in [2.75, 3.05) is 6.61 Å². The Morgan fingerprint density at radius 2 is 2.09 bits per heavy atom. The largest absolute Gasteiger partial charge is 0.492 e. The molecule has 1 fully saturated rings. The first-order valence-corrected chi connectivity index (χ1v) is 8.72. The second-order valence-corrected chi connectivity index (χ2v) is 6.77. The van der Waals surface area contributed by atoms with Gasteiger partial charge in [0.25, 0.3) is 0 Å². The molecule has 1 amide bonds. The van der Waals surface area contributed by atoms with Crippen molar-refractivity contribution in [3.8, 4) is 5.75 Å². The van der Waals surface area contributed by atoms with Gasteiger partial charge in [0.1, 0.15) is 5.75 Å². The minimum absolute atomic E-state index is 0.0816. The quantitative estimate of drug-likeness (QED) is 0.585. The molecule has 6 heteroatoms.